The average Bonchev–Trinajstić information content (AvgIpc) is 3.63. The Balaban J connectivity index is 1.26. The van der Waals surface area contributed by atoms with Gasteiger partial charge >= 0.3 is 6.03 Å². The summed E-state index contributed by atoms with van der Waals surface area (Å²) in [6, 6.07) is 16.4. The van der Waals surface area contributed by atoms with Gasteiger partial charge in [-0.25, -0.2) is 9.78 Å². The number of urea groups is 1. The second kappa shape index (κ2) is 11.5. The van der Waals surface area contributed by atoms with Crippen LogP contribution in [0, 0.1) is 10.1 Å². The van der Waals surface area contributed by atoms with E-state index < -0.39 is 11.0 Å². The normalized spacial score (nSPS) is 13.3. The largest absolute Gasteiger partial charge is 0.368 e. The van der Waals surface area contributed by atoms with Crippen molar-refractivity contribution < 1.29 is 14.5 Å². The zero-order chi connectivity index (χ0) is 27.4. The zero-order valence-electron chi connectivity index (χ0n) is 20.6. The molecule has 0 unspecified atom stereocenters. The molecule has 3 heterocycles. The van der Waals surface area contributed by atoms with Crippen molar-refractivity contribution in [3.63, 3.8) is 0 Å². The fourth-order valence-corrected chi connectivity index (χ4v) is 5.29. The van der Waals surface area contributed by atoms with Gasteiger partial charge in [0.25, 0.3) is 11.6 Å². The van der Waals surface area contributed by atoms with Crippen LogP contribution in [-0.4, -0.2) is 57.9 Å². The number of aromatic nitrogens is 2. The number of nitro groups is 1. The maximum Gasteiger partial charge on any atom is 0.326 e. The highest BCUT2D eigenvalue weighted by molar-refractivity contribution is 7.17. The summed E-state index contributed by atoms with van der Waals surface area (Å²) in [6.45, 7) is 2.80. The SMILES string of the molecule is O=C(c1ccc(Cl)s1)N1CCN(c2ccc(N(Cc3cnc[nH]3)C(=O)Nc3ccc([N+](=O)[O-])cc3)cc2)CC1. The van der Waals surface area contributed by atoms with Gasteiger partial charge in [0.2, 0.25) is 0 Å². The standard InChI is InChI=1S/C26H24ClN7O4S/c27-24-10-9-23(39-24)25(35)32-13-11-31(12-14-32)20-5-7-21(8-6-20)33(16-19-15-28-17-29-19)26(36)30-18-1-3-22(4-2-18)34(37)38/h1-10,15,17H,11-14,16H2,(H,28,29)(H,30,36). The molecule has 13 heteroatoms. The molecule has 1 aliphatic heterocycles. The van der Waals surface area contributed by atoms with Gasteiger partial charge in [0.15, 0.2) is 0 Å². The molecule has 200 valence electrons. The molecular formula is C26H24ClN7O4S. The van der Waals surface area contributed by atoms with Gasteiger partial charge < -0.3 is 20.1 Å². The third-order valence-electron chi connectivity index (χ3n) is 6.34. The number of nitrogens with zero attached hydrogens (tertiary/aromatic N) is 5. The average molecular weight is 566 g/mol. The van der Waals surface area contributed by atoms with Crippen LogP contribution >= 0.6 is 22.9 Å². The number of carbonyl (C=O) groups excluding carboxylic acids is 2. The number of hydrogen-bond acceptors (Lipinski definition) is 7. The molecule has 0 radical (unpaired) electrons. The number of benzene rings is 2. The van der Waals surface area contributed by atoms with Crippen LogP contribution < -0.4 is 15.1 Å². The number of imidazole rings is 1. The number of halogens is 1. The van der Waals surface area contributed by atoms with E-state index in [1.54, 1.807) is 29.6 Å². The van der Waals surface area contributed by atoms with Gasteiger partial charge in [0.1, 0.15) is 0 Å². The molecule has 1 fully saturated rings. The van der Waals surface area contributed by atoms with Gasteiger partial charge in [-0.05, 0) is 48.5 Å². The summed E-state index contributed by atoms with van der Waals surface area (Å²) in [5.41, 5.74) is 2.78. The number of piperazine rings is 1. The van der Waals surface area contributed by atoms with Crippen LogP contribution in [-0.2, 0) is 6.54 Å². The molecule has 2 aromatic heterocycles. The topological polar surface area (TPSA) is 128 Å². The Labute approximate surface area is 232 Å². The summed E-state index contributed by atoms with van der Waals surface area (Å²) in [5.74, 6) is -0.00428. The number of nitrogens with one attached hydrogen (secondary N) is 2. The summed E-state index contributed by atoms with van der Waals surface area (Å²) in [4.78, 5) is 49.7. The molecule has 0 bridgehead atoms. The van der Waals surface area contributed by atoms with Crippen LogP contribution in [0.2, 0.25) is 4.34 Å². The first-order chi connectivity index (χ1) is 18.9. The van der Waals surface area contributed by atoms with E-state index in [1.807, 2.05) is 29.2 Å². The summed E-state index contributed by atoms with van der Waals surface area (Å²) in [7, 11) is 0. The van der Waals surface area contributed by atoms with Gasteiger partial charge in [0.05, 0.1) is 32.7 Å². The lowest BCUT2D eigenvalue weighted by Crippen LogP contribution is -2.48. The van der Waals surface area contributed by atoms with Crippen molar-refractivity contribution in [3.05, 3.63) is 98.2 Å². The molecule has 0 atom stereocenters. The minimum atomic E-state index is -0.491. The lowest BCUT2D eigenvalue weighted by Gasteiger charge is -2.36. The second-order valence-electron chi connectivity index (χ2n) is 8.80. The fourth-order valence-electron chi connectivity index (χ4n) is 4.28. The highest BCUT2D eigenvalue weighted by Gasteiger charge is 2.24. The number of amides is 3. The number of rotatable bonds is 7. The monoisotopic (exact) mass is 565 g/mol. The van der Waals surface area contributed by atoms with Crippen molar-refractivity contribution in [3.8, 4) is 0 Å². The van der Waals surface area contributed by atoms with E-state index in [2.05, 4.69) is 20.2 Å². The lowest BCUT2D eigenvalue weighted by atomic mass is 10.2. The molecule has 11 nitrogen and oxygen atoms in total. The fraction of sp³-hybridized carbons (Fsp3) is 0.192. The van der Waals surface area contributed by atoms with Gasteiger partial charge in [-0.2, -0.15) is 0 Å². The van der Waals surface area contributed by atoms with Crippen LogP contribution in [0.1, 0.15) is 15.4 Å². The first kappa shape index (κ1) is 26.2. The molecule has 2 N–H and O–H groups in total. The van der Waals surface area contributed by atoms with Crippen LogP contribution in [0.4, 0.5) is 27.5 Å². The van der Waals surface area contributed by atoms with E-state index in [9.17, 15) is 19.7 Å². The minimum absolute atomic E-state index is 0.00428. The zero-order valence-corrected chi connectivity index (χ0v) is 22.2. The van der Waals surface area contributed by atoms with Crippen LogP contribution in [0.3, 0.4) is 0 Å². The number of non-ortho nitro benzene ring substituents is 1. The van der Waals surface area contributed by atoms with Gasteiger partial charge in [-0.3, -0.25) is 19.8 Å². The third-order valence-corrected chi connectivity index (χ3v) is 7.55. The molecule has 39 heavy (non-hydrogen) atoms. The van der Waals surface area contributed by atoms with Gasteiger partial charge in [0, 0.05) is 61.6 Å². The second-order valence-corrected chi connectivity index (χ2v) is 10.5. The number of thiophene rings is 1. The Morgan fingerprint density at radius 1 is 1.05 bits per heavy atom. The van der Waals surface area contributed by atoms with Crippen LogP contribution in [0.25, 0.3) is 0 Å². The number of aromatic amines is 1. The van der Waals surface area contributed by atoms with Crippen LogP contribution in [0.5, 0.6) is 0 Å². The first-order valence-corrected chi connectivity index (χ1v) is 13.3. The summed E-state index contributed by atoms with van der Waals surface area (Å²) in [5, 5.41) is 13.7. The van der Waals surface area contributed by atoms with Crippen molar-refractivity contribution in [2.45, 2.75) is 6.54 Å². The van der Waals surface area contributed by atoms with Crippen molar-refractivity contribution >= 4 is 57.6 Å². The van der Waals surface area contributed by atoms with E-state index in [0.717, 1.165) is 11.4 Å². The quantitative estimate of drug-likeness (QED) is 0.233. The summed E-state index contributed by atoms with van der Waals surface area (Å²) in [6.07, 6.45) is 3.19. The number of carbonyl (C=O) groups is 2. The smallest absolute Gasteiger partial charge is 0.326 e. The molecule has 2 aromatic carbocycles. The Kier molecular flexibility index (Phi) is 7.75. The molecular weight excluding hydrogens is 542 g/mol. The number of anilines is 3. The van der Waals surface area contributed by atoms with Crippen molar-refractivity contribution in [1.82, 2.24) is 14.9 Å². The molecule has 1 saturated heterocycles. The minimum Gasteiger partial charge on any atom is -0.368 e. The first-order valence-electron chi connectivity index (χ1n) is 12.1. The molecule has 4 aromatic rings. The van der Waals surface area contributed by atoms with E-state index in [-0.39, 0.29) is 18.1 Å². The molecule has 0 saturated carbocycles. The number of H-pyrrole nitrogens is 1. The molecule has 0 spiro atoms. The van der Waals surface area contributed by atoms with E-state index in [4.69, 9.17) is 11.6 Å². The van der Waals surface area contributed by atoms with Crippen molar-refractivity contribution in [2.75, 3.05) is 41.3 Å². The van der Waals surface area contributed by atoms with Crippen molar-refractivity contribution in [1.29, 1.82) is 0 Å². The number of hydrogen-bond donors (Lipinski definition) is 2. The van der Waals surface area contributed by atoms with E-state index >= 15 is 0 Å². The van der Waals surface area contributed by atoms with Crippen LogP contribution in [0.15, 0.2) is 73.2 Å². The predicted octanol–water partition coefficient (Wildman–Crippen LogP) is 5.23. The Morgan fingerprint density at radius 2 is 1.77 bits per heavy atom. The summed E-state index contributed by atoms with van der Waals surface area (Å²) < 4.78 is 0.597. The predicted molar refractivity (Wildman–Crippen MR) is 151 cm³/mol. The Hall–Kier alpha value is -4.42. The highest BCUT2D eigenvalue weighted by atomic mass is 35.5. The molecule has 1 aliphatic rings. The number of nitro benzene ring substituents is 1. The van der Waals surface area contributed by atoms with Gasteiger partial charge in [-0.15, -0.1) is 11.3 Å². The summed E-state index contributed by atoms with van der Waals surface area (Å²) >= 11 is 7.27. The molecule has 5 rings (SSSR count). The third kappa shape index (κ3) is 6.19. The molecule has 3 amide bonds. The maximum absolute atomic E-state index is 13.3. The molecule has 0 aliphatic carbocycles. The Bertz CT molecular complexity index is 1450. The van der Waals surface area contributed by atoms with Gasteiger partial charge in [-0.1, -0.05) is 11.6 Å². The Morgan fingerprint density at radius 3 is 2.36 bits per heavy atom. The lowest BCUT2D eigenvalue weighted by molar-refractivity contribution is -0.384. The van der Waals surface area contributed by atoms with E-state index in [1.165, 1.54) is 35.6 Å². The maximum atomic E-state index is 13.3. The highest BCUT2D eigenvalue weighted by Crippen LogP contribution is 2.26. The van der Waals surface area contributed by atoms with Crippen molar-refractivity contribution in [2.24, 2.45) is 0 Å². The van der Waals surface area contributed by atoms with E-state index in [0.29, 0.717) is 46.8 Å².